The zero-order valence-electron chi connectivity index (χ0n) is 9.71. The van der Waals surface area contributed by atoms with Crippen LogP contribution in [-0.2, 0) is 7.05 Å². The molecule has 0 radical (unpaired) electrons. The summed E-state index contributed by atoms with van der Waals surface area (Å²) in [5.41, 5.74) is 7.22. The zero-order chi connectivity index (χ0) is 12.3. The molecule has 0 amide bonds. The molecule has 0 saturated carbocycles. The smallest absolute Gasteiger partial charge is 0.327 e. The van der Waals surface area contributed by atoms with Crippen molar-refractivity contribution in [1.29, 1.82) is 0 Å². The minimum absolute atomic E-state index is 0.0569. The third kappa shape index (κ3) is 2.21. The second-order valence-corrected chi connectivity index (χ2v) is 3.76. The van der Waals surface area contributed by atoms with Gasteiger partial charge in [0.15, 0.2) is 0 Å². The fourth-order valence-corrected chi connectivity index (χ4v) is 1.69. The summed E-state index contributed by atoms with van der Waals surface area (Å²) in [4.78, 5) is 11.9. The fraction of sp³-hybridized carbons (Fsp3) is 0.154. The van der Waals surface area contributed by atoms with Crippen molar-refractivity contribution in [3.05, 3.63) is 58.8 Å². The molecule has 2 rings (SSSR count). The van der Waals surface area contributed by atoms with Gasteiger partial charge in [-0.1, -0.05) is 30.4 Å². The predicted molar refractivity (Wildman–Crippen MR) is 69.1 cm³/mol. The van der Waals surface area contributed by atoms with E-state index in [1.807, 2.05) is 36.4 Å². The van der Waals surface area contributed by atoms with E-state index >= 15 is 0 Å². The van der Waals surface area contributed by atoms with E-state index in [1.165, 1.54) is 0 Å². The standard InChI is InChI=1S/C13H15N3O/c1-15-9-10-16(13(15)17)12-7-3-2-5-11(12)6-4-8-14/h2-7,9-10H,8,14H2,1H3/b6-4+. The molecular formula is C13H15N3O. The van der Waals surface area contributed by atoms with Crippen molar-refractivity contribution >= 4 is 6.08 Å². The topological polar surface area (TPSA) is 52.9 Å². The zero-order valence-corrected chi connectivity index (χ0v) is 9.71. The summed E-state index contributed by atoms with van der Waals surface area (Å²) < 4.78 is 3.17. The second kappa shape index (κ2) is 4.84. The van der Waals surface area contributed by atoms with Crippen molar-refractivity contribution in [2.75, 3.05) is 6.54 Å². The second-order valence-electron chi connectivity index (χ2n) is 3.76. The van der Waals surface area contributed by atoms with Crippen molar-refractivity contribution in [2.45, 2.75) is 0 Å². The van der Waals surface area contributed by atoms with Gasteiger partial charge in [0, 0.05) is 26.0 Å². The Morgan fingerprint density at radius 2 is 2.06 bits per heavy atom. The minimum Gasteiger partial charge on any atom is -0.327 e. The molecule has 2 aromatic rings. The van der Waals surface area contributed by atoms with Crippen LogP contribution < -0.4 is 11.4 Å². The Kier molecular flexibility index (Phi) is 3.25. The molecule has 0 aliphatic heterocycles. The first-order valence-electron chi connectivity index (χ1n) is 5.44. The van der Waals surface area contributed by atoms with Crippen LogP contribution in [0.1, 0.15) is 5.56 Å². The Bertz CT molecular complexity index is 593. The molecule has 1 aromatic heterocycles. The van der Waals surface area contributed by atoms with Gasteiger partial charge < -0.3 is 10.3 Å². The molecule has 1 aromatic carbocycles. The van der Waals surface area contributed by atoms with E-state index in [0.717, 1.165) is 11.3 Å². The quantitative estimate of drug-likeness (QED) is 0.858. The molecule has 0 saturated heterocycles. The van der Waals surface area contributed by atoms with Gasteiger partial charge in [-0.25, -0.2) is 4.79 Å². The lowest BCUT2D eigenvalue weighted by Gasteiger charge is -2.05. The maximum absolute atomic E-state index is 11.9. The molecule has 2 N–H and O–H groups in total. The molecule has 4 heteroatoms. The molecule has 0 aliphatic carbocycles. The molecular weight excluding hydrogens is 214 g/mol. The molecule has 0 atom stereocenters. The van der Waals surface area contributed by atoms with Crippen LogP contribution >= 0.6 is 0 Å². The fourth-order valence-electron chi connectivity index (χ4n) is 1.69. The van der Waals surface area contributed by atoms with Crippen LogP contribution in [0.5, 0.6) is 0 Å². The van der Waals surface area contributed by atoms with Gasteiger partial charge in [0.25, 0.3) is 0 Å². The van der Waals surface area contributed by atoms with Gasteiger partial charge in [0.1, 0.15) is 0 Å². The SMILES string of the molecule is Cn1ccn(-c2ccccc2/C=C/CN)c1=O. The molecule has 0 unspecified atom stereocenters. The van der Waals surface area contributed by atoms with Crippen molar-refractivity contribution < 1.29 is 0 Å². The lowest BCUT2D eigenvalue weighted by Crippen LogP contribution is -2.20. The molecule has 88 valence electrons. The first-order valence-corrected chi connectivity index (χ1v) is 5.44. The van der Waals surface area contributed by atoms with Crippen LogP contribution in [0.25, 0.3) is 11.8 Å². The summed E-state index contributed by atoms with van der Waals surface area (Å²) in [5.74, 6) is 0. The molecule has 0 bridgehead atoms. The summed E-state index contributed by atoms with van der Waals surface area (Å²) in [6.07, 6.45) is 7.30. The Balaban J connectivity index is 2.56. The van der Waals surface area contributed by atoms with Crippen molar-refractivity contribution in [3.63, 3.8) is 0 Å². The highest BCUT2D eigenvalue weighted by molar-refractivity contribution is 5.60. The van der Waals surface area contributed by atoms with E-state index in [4.69, 9.17) is 5.73 Å². The predicted octanol–water partition coefficient (Wildman–Crippen LogP) is 1.15. The molecule has 4 nitrogen and oxygen atoms in total. The number of hydrogen-bond donors (Lipinski definition) is 1. The van der Waals surface area contributed by atoms with E-state index < -0.39 is 0 Å². The third-order valence-electron chi connectivity index (χ3n) is 2.58. The minimum atomic E-state index is -0.0569. The summed E-state index contributed by atoms with van der Waals surface area (Å²) in [6, 6.07) is 7.72. The lowest BCUT2D eigenvalue weighted by molar-refractivity contribution is 0.823. The third-order valence-corrected chi connectivity index (χ3v) is 2.58. The van der Waals surface area contributed by atoms with E-state index in [1.54, 1.807) is 28.6 Å². The number of imidazole rings is 1. The van der Waals surface area contributed by atoms with Gasteiger partial charge >= 0.3 is 5.69 Å². The van der Waals surface area contributed by atoms with E-state index in [9.17, 15) is 4.79 Å². The van der Waals surface area contributed by atoms with Gasteiger partial charge in [-0.2, -0.15) is 0 Å². The van der Waals surface area contributed by atoms with Gasteiger partial charge in [0.2, 0.25) is 0 Å². The van der Waals surface area contributed by atoms with Crippen molar-refractivity contribution in [3.8, 4) is 5.69 Å². The molecule has 1 heterocycles. The molecule has 0 aliphatic rings. The summed E-state index contributed by atoms with van der Waals surface area (Å²) in [6.45, 7) is 0.484. The number of hydrogen-bond acceptors (Lipinski definition) is 2. The normalized spacial score (nSPS) is 11.2. The van der Waals surface area contributed by atoms with Crippen LogP contribution in [0, 0.1) is 0 Å². The number of aromatic nitrogens is 2. The number of aryl methyl sites for hydroxylation is 1. The molecule has 17 heavy (non-hydrogen) atoms. The Hall–Kier alpha value is -2.07. The number of rotatable bonds is 3. The molecule has 0 spiro atoms. The average molecular weight is 229 g/mol. The maximum Gasteiger partial charge on any atom is 0.332 e. The van der Waals surface area contributed by atoms with Gasteiger partial charge in [-0.15, -0.1) is 0 Å². The van der Waals surface area contributed by atoms with E-state index in [2.05, 4.69) is 0 Å². The average Bonchev–Trinajstić information content (AvgIpc) is 2.68. The number of nitrogens with zero attached hydrogens (tertiary/aromatic N) is 2. The Labute approximate surface area is 99.6 Å². The largest absolute Gasteiger partial charge is 0.332 e. The van der Waals surface area contributed by atoms with Crippen LogP contribution in [0.2, 0.25) is 0 Å². The lowest BCUT2D eigenvalue weighted by atomic mass is 10.1. The van der Waals surface area contributed by atoms with Gasteiger partial charge in [-0.3, -0.25) is 4.57 Å². The van der Waals surface area contributed by atoms with Crippen LogP contribution in [0.15, 0.2) is 47.5 Å². The van der Waals surface area contributed by atoms with E-state index in [-0.39, 0.29) is 5.69 Å². The van der Waals surface area contributed by atoms with Crippen LogP contribution in [0.3, 0.4) is 0 Å². The van der Waals surface area contributed by atoms with E-state index in [0.29, 0.717) is 6.54 Å². The Morgan fingerprint density at radius 3 is 2.71 bits per heavy atom. The summed E-state index contributed by atoms with van der Waals surface area (Å²) in [7, 11) is 1.73. The highest BCUT2D eigenvalue weighted by Gasteiger charge is 2.05. The van der Waals surface area contributed by atoms with Crippen LogP contribution in [0.4, 0.5) is 0 Å². The van der Waals surface area contributed by atoms with Gasteiger partial charge in [-0.05, 0) is 11.6 Å². The first kappa shape index (κ1) is 11.4. The molecule has 0 fully saturated rings. The number of nitrogens with two attached hydrogens (primary N) is 1. The highest BCUT2D eigenvalue weighted by atomic mass is 16.1. The number of para-hydroxylation sites is 1. The highest BCUT2D eigenvalue weighted by Crippen LogP contribution is 2.14. The number of benzene rings is 1. The van der Waals surface area contributed by atoms with Gasteiger partial charge in [0.05, 0.1) is 5.69 Å². The monoisotopic (exact) mass is 229 g/mol. The Morgan fingerprint density at radius 1 is 1.29 bits per heavy atom. The van der Waals surface area contributed by atoms with Crippen LogP contribution in [-0.4, -0.2) is 15.7 Å². The maximum atomic E-state index is 11.9. The first-order chi connectivity index (χ1) is 8.24. The summed E-state index contributed by atoms with van der Waals surface area (Å²) >= 11 is 0. The summed E-state index contributed by atoms with van der Waals surface area (Å²) in [5, 5.41) is 0. The van der Waals surface area contributed by atoms with Crippen molar-refractivity contribution in [2.24, 2.45) is 12.8 Å². The van der Waals surface area contributed by atoms with Crippen molar-refractivity contribution in [1.82, 2.24) is 9.13 Å².